The third kappa shape index (κ3) is 5.34. The number of aromatic amines is 1. The van der Waals surface area contributed by atoms with Crippen molar-refractivity contribution in [2.45, 2.75) is 59.5 Å². The van der Waals surface area contributed by atoms with Gasteiger partial charge in [-0.25, -0.2) is 4.68 Å². The van der Waals surface area contributed by atoms with Crippen LogP contribution in [0.4, 0.5) is 5.95 Å². The molecule has 0 fully saturated rings. The van der Waals surface area contributed by atoms with Crippen LogP contribution in [0.15, 0.2) is 4.79 Å². The second kappa shape index (κ2) is 8.26. The second-order valence-corrected chi connectivity index (χ2v) is 8.32. The van der Waals surface area contributed by atoms with Gasteiger partial charge in [-0.15, -0.1) is 5.10 Å². The number of hydrogen-bond acceptors (Lipinski definition) is 9. The van der Waals surface area contributed by atoms with Crippen LogP contribution in [-0.4, -0.2) is 49.6 Å². The third-order valence-electron chi connectivity index (χ3n) is 3.08. The predicted octanol–water partition coefficient (Wildman–Crippen LogP) is 1.50. The van der Waals surface area contributed by atoms with Crippen molar-refractivity contribution in [3.63, 3.8) is 0 Å². The molecule has 0 unspecified atom stereocenters. The lowest BCUT2D eigenvalue weighted by Crippen LogP contribution is -2.21. The van der Waals surface area contributed by atoms with Crippen LogP contribution in [-0.2, 0) is 24.9 Å². The van der Waals surface area contributed by atoms with Crippen LogP contribution in [0.3, 0.4) is 0 Å². The average Bonchev–Trinajstić information content (AvgIpc) is 2.87. The van der Waals surface area contributed by atoms with E-state index in [2.05, 4.69) is 20.3 Å². The lowest BCUT2D eigenvalue weighted by Gasteiger charge is -2.24. The van der Waals surface area contributed by atoms with Crippen molar-refractivity contribution >= 4 is 24.7 Å². The van der Waals surface area contributed by atoms with Crippen LogP contribution in [0.25, 0.3) is 11.2 Å². The normalized spacial score (nSPS) is 13.8. The Kier molecular flexibility index (Phi) is 6.51. The van der Waals surface area contributed by atoms with Gasteiger partial charge in [-0.1, -0.05) is 5.21 Å². The van der Waals surface area contributed by atoms with E-state index in [-0.39, 0.29) is 42.2 Å². The zero-order chi connectivity index (χ0) is 19.5. The summed E-state index contributed by atoms with van der Waals surface area (Å²) in [6.45, 7) is 9.09. The Morgan fingerprint density at radius 1 is 1.19 bits per heavy atom. The summed E-state index contributed by atoms with van der Waals surface area (Å²) in [5, 5.41) is 7.69. The molecule has 0 saturated carbocycles. The molecule has 12 heteroatoms. The number of nitrogens with zero attached hydrogens (tertiary/aromatic N) is 4. The van der Waals surface area contributed by atoms with Crippen LogP contribution in [0.1, 0.15) is 34.6 Å². The number of fused-ring (bicyclic) bond motifs is 1. The number of nitrogens with one attached hydrogen (secondary N) is 1. The zero-order valence-corrected chi connectivity index (χ0v) is 16.4. The minimum absolute atomic E-state index is 0.0280. The molecule has 2 rings (SSSR count). The molecule has 3 N–H and O–H groups in total. The van der Waals surface area contributed by atoms with Gasteiger partial charge < -0.3 is 19.5 Å². The first-order chi connectivity index (χ1) is 12.1. The first kappa shape index (κ1) is 20.5. The van der Waals surface area contributed by atoms with Gasteiger partial charge in [-0.2, -0.15) is 4.98 Å². The summed E-state index contributed by atoms with van der Waals surface area (Å²) in [6.07, 6.45) is -1.15. The molecule has 2 heterocycles. The van der Waals surface area contributed by atoms with E-state index in [0.717, 1.165) is 0 Å². The van der Waals surface area contributed by atoms with Crippen molar-refractivity contribution in [1.29, 1.82) is 0 Å². The standard InChI is InChI=1S/C14H25N6O5P/c1-8(2)24-26(22,25-9(3)4)7-23-10(5)6-20-12-11(18-19-20)13(21)17-14(15)16-12/h8-10H,6-7H2,1-5H3,(H3,15,16,17,21)/t10-/m0/s1. The summed E-state index contributed by atoms with van der Waals surface area (Å²) in [5.74, 6) is -0.0280. The summed E-state index contributed by atoms with van der Waals surface area (Å²) in [4.78, 5) is 18.2. The van der Waals surface area contributed by atoms with E-state index >= 15 is 0 Å². The lowest BCUT2D eigenvalue weighted by atomic mass is 10.4. The van der Waals surface area contributed by atoms with Crippen molar-refractivity contribution in [2.24, 2.45) is 0 Å². The highest BCUT2D eigenvalue weighted by Gasteiger charge is 2.29. The van der Waals surface area contributed by atoms with Crippen molar-refractivity contribution in [3.05, 3.63) is 10.4 Å². The zero-order valence-electron chi connectivity index (χ0n) is 15.5. The molecule has 1 atom stereocenters. The molecule has 2 aromatic heterocycles. The molecule has 11 nitrogen and oxygen atoms in total. The number of aromatic nitrogens is 5. The van der Waals surface area contributed by atoms with Gasteiger partial charge in [-0.05, 0) is 34.6 Å². The van der Waals surface area contributed by atoms with Crippen molar-refractivity contribution in [3.8, 4) is 0 Å². The summed E-state index contributed by atoms with van der Waals surface area (Å²) in [5.41, 5.74) is 5.43. The first-order valence-electron chi connectivity index (χ1n) is 8.26. The Morgan fingerprint density at radius 2 is 1.81 bits per heavy atom. The van der Waals surface area contributed by atoms with Gasteiger partial charge in [0.05, 0.1) is 24.9 Å². The van der Waals surface area contributed by atoms with Gasteiger partial charge >= 0.3 is 7.60 Å². The molecular weight excluding hydrogens is 363 g/mol. The molecule has 0 aromatic carbocycles. The van der Waals surface area contributed by atoms with E-state index in [1.807, 2.05) is 0 Å². The SMILES string of the molecule is CC(C)OP(=O)(CO[C@@H](C)Cn1nnc2c(=O)[nH]c(N)nc21)OC(C)C. The smallest absolute Gasteiger partial charge is 0.356 e. The highest BCUT2D eigenvalue weighted by molar-refractivity contribution is 7.53. The van der Waals surface area contributed by atoms with Crippen LogP contribution < -0.4 is 11.3 Å². The van der Waals surface area contributed by atoms with Crippen molar-refractivity contribution in [2.75, 3.05) is 12.1 Å². The van der Waals surface area contributed by atoms with Crippen LogP contribution in [0, 0.1) is 0 Å². The number of hydrogen-bond donors (Lipinski definition) is 2. The van der Waals surface area contributed by atoms with Crippen LogP contribution in [0.5, 0.6) is 0 Å². The van der Waals surface area contributed by atoms with Crippen molar-refractivity contribution < 1.29 is 18.3 Å². The summed E-state index contributed by atoms with van der Waals surface area (Å²) >= 11 is 0. The predicted molar refractivity (Wildman–Crippen MR) is 95.8 cm³/mol. The topological polar surface area (TPSA) is 147 Å². The van der Waals surface area contributed by atoms with E-state index in [1.165, 1.54) is 4.68 Å². The Bertz CT molecular complexity index is 834. The van der Waals surface area contributed by atoms with Gasteiger partial charge in [0.15, 0.2) is 11.2 Å². The number of rotatable bonds is 9. The fraction of sp³-hybridized carbons (Fsp3) is 0.714. The molecule has 2 aromatic rings. The lowest BCUT2D eigenvalue weighted by molar-refractivity contribution is 0.0529. The minimum Gasteiger partial charge on any atom is -0.369 e. The highest BCUT2D eigenvalue weighted by Crippen LogP contribution is 2.50. The number of ether oxygens (including phenoxy) is 1. The Balaban J connectivity index is 2.07. The summed E-state index contributed by atoms with van der Waals surface area (Å²) in [7, 11) is -3.40. The monoisotopic (exact) mass is 388 g/mol. The van der Waals surface area contributed by atoms with Gasteiger partial charge in [0.1, 0.15) is 6.35 Å². The molecular formula is C14H25N6O5P. The van der Waals surface area contributed by atoms with Gasteiger partial charge in [-0.3, -0.25) is 14.3 Å². The quantitative estimate of drug-likeness (QED) is 0.610. The van der Waals surface area contributed by atoms with Gasteiger partial charge in [0, 0.05) is 0 Å². The minimum atomic E-state index is -3.40. The Morgan fingerprint density at radius 3 is 2.38 bits per heavy atom. The molecule has 26 heavy (non-hydrogen) atoms. The number of nitrogen functional groups attached to an aromatic ring is 1. The molecule has 0 radical (unpaired) electrons. The van der Waals surface area contributed by atoms with Gasteiger partial charge in [0.25, 0.3) is 5.56 Å². The van der Waals surface area contributed by atoms with E-state index in [1.54, 1.807) is 34.6 Å². The number of H-pyrrole nitrogens is 1. The Labute approximate surface area is 150 Å². The third-order valence-corrected chi connectivity index (χ3v) is 5.03. The van der Waals surface area contributed by atoms with E-state index in [0.29, 0.717) is 0 Å². The molecule has 0 bridgehead atoms. The molecule has 0 aliphatic rings. The van der Waals surface area contributed by atoms with E-state index in [9.17, 15) is 9.36 Å². The molecule has 0 amide bonds. The largest absolute Gasteiger partial charge is 0.369 e. The molecule has 0 saturated heterocycles. The maximum Gasteiger partial charge on any atom is 0.356 e. The average molecular weight is 388 g/mol. The Hall–Kier alpha value is -1.81. The van der Waals surface area contributed by atoms with E-state index < -0.39 is 19.3 Å². The molecule has 146 valence electrons. The first-order valence-corrected chi connectivity index (χ1v) is 9.99. The maximum atomic E-state index is 12.8. The molecule has 0 aliphatic carbocycles. The fourth-order valence-corrected chi connectivity index (χ4v) is 4.14. The van der Waals surface area contributed by atoms with Crippen molar-refractivity contribution in [1.82, 2.24) is 25.0 Å². The second-order valence-electron chi connectivity index (χ2n) is 6.42. The number of anilines is 1. The summed E-state index contributed by atoms with van der Waals surface area (Å²) < 4.78 is 30.7. The maximum absolute atomic E-state index is 12.8. The number of nitrogens with two attached hydrogens (primary N) is 1. The highest BCUT2D eigenvalue weighted by atomic mass is 31.2. The fourth-order valence-electron chi connectivity index (χ4n) is 2.25. The molecule has 0 aliphatic heterocycles. The van der Waals surface area contributed by atoms with Gasteiger partial charge in [0.2, 0.25) is 5.95 Å². The van der Waals surface area contributed by atoms with E-state index in [4.69, 9.17) is 19.5 Å². The molecule has 0 spiro atoms. The van der Waals surface area contributed by atoms with Crippen LogP contribution in [0.2, 0.25) is 0 Å². The summed E-state index contributed by atoms with van der Waals surface area (Å²) in [6, 6.07) is 0. The van der Waals surface area contributed by atoms with Crippen LogP contribution >= 0.6 is 7.60 Å².